The summed E-state index contributed by atoms with van der Waals surface area (Å²) in [6, 6.07) is 17.6. The van der Waals surface area contributed by atoms with E-state index in [0.29, 0.717) is 16.3 Å². The smallest absolute Gasteiger partial charge is 0.262 e. The molecule has 1 aliphatic rings. The minimum atomic E-state index is -0.516. The van der Waals surface area contributed by atoms with Gasteiger partial charge in [0.25, 0.3) is 17.7 Å². The number of carbonyl (C=O) groups is 4. The molecule has 0 saturated heterocycles. The predicted octanol–water partition coefficient (Wildman–Crippen LogP) is 3.47. The number of halogens is 1. The molecule has 3 aromatic rings. The van der Waals surface area contributed by atoms with Crippen LogP contribution in [0.4, 0.5) is 5.69 Å². The van der Waals surface area contributed by atoms with E-state index in [2.05, 4.69) is 10.6 Å². The van der Waals surface area contributed by atoms with Crippen molar-refractivity contribution in [2.24, 2.45) is 0 Å². The molecule has 0 aromatic heterocycles. The van der Waals surface area contributed by atoms with Gasteiger partial charge in [0.15, 0.2) is 12.4 Å². The Labute approximate surface area is 182 Å². The summed E-state index contributed by atoms with van der Waals surface area (Å²) in [7, 11) is 0. The van der Waals surface area contributed by atoms with Gasteiger partial charge in [-0.3, -0.25) is 24.5 Å². The Bertz CT molecular complexity index is 1220. The summed E-state index contributed by atoms with van der Waals surface area (Å²) in [6.45, 7) is -0.376. The van der Waals surface area contributed by atoms with Crippen LogP contribution in [0.1, 0.15) is 36.6 Å². The third kappa shape index (κ3) is 4.31. The number of rotatable bonds is 6. The Kier molecular flexibility index (Phi) is 5.51. The summed E-state index contributed by atoms with van der Waals surface area (Å²) in [4.78, 5) is 48.5. The van der Waals surface area contributed by atoms with E-state index in [1.807, 2.05) is 0 Å². The number of anilines is 1. The number of hydrogen-bond acceptors (Lipinski definition) is 5. The zero-order valence-electron chi connectivity index (χ0n) is 16.0. The van der Waals surface area contributed by atoms with Gasteiger partial charge in [0, 0.05) is 16.3 Å². The highest BCUT2D eigenvalue weighted by Gasteiger charge is 2.26. The van der Waals surface area contributed by atoms with Gasteiger partial charge in [-0.25, -0.2) is 0 Å². The van der Waals surface area contributed by atoms with Crippen LogP contribution in [0.2, 0.25) is 5.02 Å². The average molecular weight is 435 g/mol. The lowest BCUT2D eigenvalue weighted by molar-refractivity contribution is -0.118. The molecule has 4 rings (SSSR count). The second-order valence-corrected chi connectivity index (χ2v) is 7.15. The summed E-state index contributed by atoms with van der Waals surface area (Å²) >= 11 is 6.04. The first-order chi connectivity index (χ1) is 14.9. The number of amides is 3. The Morgan fingerprint density at radius 1 is 0.903 bits per heavy atom. The molecule has 0 radical (unpaired) electrons. The van der Waals surface area contributed by atoms with E-state index in [4.69, 9.17) is 16.3 Å². The van der Waals surface area contributed by atoms with Gasteiger partial charge >= 0.3 is 0 Å². The van der Waals surface area contributed by atoms with E-state index in [0.717, 1.165) is 0 Å². The minimum Gasteiger partial charge on any atom is -0.483 e. The van der Waals surface area contributed by atoms with Gasteiger partial charge in [-0.05, 0) is 36.4 Å². The molecule has 0 atom stereocenters. The van der Waals surface area contributed by atoms with E-state index in [9.17, 15) is 19.2 Å². The quantitative estimate of drug-likeness (QED) is 0.457. The number of fused-ring (bicyclic) bond motifs is 1. The van der Waals surface area contributed by atoms with Crippen LogP contribution in [0.25, 0.3) is 0 Å². The normalized spacial score (nSPS) is 12.2. The van der Waals surface area contributed by atoms with Crippen molar-refractivity contribution in [3.05, 3.63) is 94.0 Å². The van der Waals surface area contributed by atoms with Crippen LogP contribution in [0.15, 0.2) is 66.7 Å². The molecule has 3 amide bonds. The molecule has 2 N–H and O–H groups in total. The van der Waals surface area contributed by atoms with Crippen molar-refractivity contribution in [2.45, 2.75) is 0 Å². The zero-order valence-corrected chi connectivity index (χ0v) is 16.7. The first-order valence-electron chi connectivity index (χ1n) is 9.24. The van der Waals surface area contributed by atoms with Gasteiger partial charge in [-0.2, -0.15) is 0 Å². The molecule has 0 unspecified atom stereocenters. The predicted molar refractivity (Wildman–Crippen MR) is 114 cm³/mol. The van der Waals surface area contributed by atoms with Crippen molar-refractivity contribution in [2.75, 3.05) is 11.9 Å². The third-order valence-electron chi connectivity index (χ3n) is 4.60. The van der Waals surface area contributed by atoms with Crippen molar-refractivity contribution < 1.29 is 23.9 Å². The average Bonchev–Trinajstić information content (AvgIpc) is 3.06. The van der Waals surface area contributed by atoms with E-state index >= 15 is 0 Å². The summed E-state index contributed by atoms with van der Waals surface area (Å²) < 4.78 is 5.57. The Morgan fingerprint density at radius 3 is 2.42 bits per heavy atom. The van der Waals surface area contributed by atoms with Gasteiger partial charge in [-0.15, -0.1) is 0 Å². The van der Waals surface area contributed by atoms with Crippen molar-refractivity contribution in [1.82, 2.24) is 5.32 Å². The van der Waals surface area contributed by atoms with Crippen molar-refractivity contribution in [1.29, 1.82) is 0 Å². The third-order valence-corrected chi connectivity index (χ3v) is 4.84. The first kappa shape index (κ1) is 20.3. The largest absolute Gasteiger partial charge is 0.483 e. The highest BCUT2D eigenvalue weighted by atomic mass is 35.5. The van der Waals surface area contributed by atoms with Crippen LogP contribution in [0, 0.1) is 0 Å². The van der Waals surface area contributed by atoms with Gasteiger partial charge in [0.2, 0.25) is 0 Å². The lowest BCUT2D eigenvalue weighted by Crippen LogP contribution is -2.21. The highest BCUT2D eigenvalue weighted by molar-refractivity contribution is 6.31. The van der Waals surface area contributed by atoms with E-state index in [1.54, 1.807) is 36.4 Å². The topological polar surface area (TPSA) is 102 Å². The van der Waals surface area contributed by atoms with Gasteiger partial charge < -0.3 is 10.1 Å². The maximum atomic E-state index is 12.8. The number of ketones is 1. The lowest BCUT2D eigenvalue weighted by atomic mass is 10.0. The Hall–Kier alpha value is -3.97. The van der Waals surface area contributed by atoms with Gasteiger partial charge in [-0.1, -0.05) is 41.9 Å². The van der Waals surface area contributed by atoms with Crippen molar-refractivity contribution in [3.8, 4) is 5.75 Å². The first-order valence-corrected chi connectivity index (χ1v) is 9.62. The molecule has 1 heterocycles. The van der Waals surface area contributed by atoms with Crippen LogP contribution in [0.3, 0.4) is 0 Å². The summed E-state index contributed by atoms with van der Waals surface area (Å²) in [5.74, 6) is -1.56. The van der Waals surface area contributed by atoms with Gasteiger partial charge in [0.05, 0.1) is 16.7 Å². The molecule has 7 nitrogen and oxygen atoms in total. The molecule has 154 valence electrons. The molecule has 0 aliphatic carbocycles. The fourth-order valence-electron chi connectivity index (χ4n) is 3.14. The standard InChI is InChI=1S/C23H15ClN2O5/c24-14-6-9-19(18(10-14)21(28)13-4-2-1-3-5-13)31-12-20(27)25-15-7-8-16-17(11-15)23(30)26-22(16)29/h1-11H,12H2,(H,25,27)(H,26,29,30). The number of hydrogen-bond donors (Lipinski definition) is 2. The van der Waals surface area contributed by atoms with Crippen LogP contribution in [-0.4, -0.2) is 30.1 Å². The fourth-order valence-corrected chi connectivity index (χ4v) is 3.31. The second-order valence-electron chi connectivity index (χ2n) is 6.72. The Morgan fingerprint density at radius 2 is 1.65 bits per heavy atom. The second kappa shape index (κ2) is 8.41. The zero-order chi connectivity index (χ0) is 22.0. The van der Waals surface area contributed by atoms with E-state index in [1.165, 1.54) is 30.3 Å². The molecular formula is C23H15ClN2O5. The maximum absolute atomic E-state index is 12.8. The Balaban J connectivity index is 1.47. The summed E-state index contributed by atoms with van der Waals surface area (Å²) in [5.41, 5.74) is 1.49. The molecule has 1 aliphatic heterocycles. The number of nitrogens with one attached hydrogen (secondary N) is 2. The molecule has 0 bridgehead atoms. The SMILES string of the molecule is O=C(COc1ccc(Cl)cc1C(=O)c1ccccc1)Nc1ccc2c(c1)C(=O)NC2=O. The summed E-state index contributed by atoms with van der Waals surface area (Å²) in [6.07, 6.45) is 0. The lowest BCUT2D eigenvalue weighted by Gasteiger charge is -2.12. The van der Waals surface area contributed by atoms with Crippen molar-refractivity contribution in [3.63, 3.8) is 0 Å². The number of benzene rings is 3. The van der Waals surface area contributed by atoms with Crippen LogP contribution < -0.4 is 15.4 Å². The molecule has 0 fully saturated rings. The highest BCUT2D eigenvalue weighted by Crippen LogP contribution is 2.26. The fraction of sp³-hybridized carbons (Fsp3) is 0.0435. The number of imide groups is 1. The molecular weight excluding hydrogens is 420 g/mol. The minimum absolute atomic E-state index is 0.192. The number of carbonyl (C=O) groups excluding carboxylic acids is 4. The van der Waals surface area contributed by atoms with E-state index in [-0.39, 0.29) is 34.8 Å². The maximum Gasteiger partial charge on any atom is 0.262 e. The van der Waals surface area contributed by atoms with Crippen molar-refractivity contribution >= 4 is 40.8 Å². The van der Waals surface area contributed by atoms with Crippen LogP contribution in [0.5, 0.6) is 5.75 Å². The van der Waals surface area contributed by atoms with E-state index < -0.39 is 17.7 Å². The van der Waals surface area contributed by atoms with Crippen LogP contribution >= 0.6 is 11.6 Å². The summed E-state index contributed by atoms with van der Waals surface area (Å²) in [5, 5.41) is 5.15. The molecule has 0 spiro atoms. The monoisotopic (exact) mass is 434 g/mol. The van der Waals surface area contributed by atoms with Gasteiger partial charge in [0.1, 0.15) is 5.75 Å². The molecule has 3 aromatic carbocycles. The van der Waals surface area contributed by atoms with Crippen LogP contribution in [-0.2, 0) is 4.79 Å². The molecule has 0 saturated carbocycles. The number of ether oxygens (including phenoxy) is 1. The molecule has 8 heteroatoms. The molecule has 31 heavy (non-hydrogen) atoms.